The first-order valence-corrected chi connectivity index (χ1v) is 8.23. The smallest absolute Gasteiger partial charge is 0.230 e. The average Bonchev–Trinajstić information content (AvgIpc) is 2.95. The monoisotopic (exact) mass is 307 g/mol. The second-order valence-electron chi connectivity index (χ2n) is 4.24. The predicted molar refractivity (Wildman–Crippen MR) is 84.7 cm³/mol. The highest BCUT2D eigenvalue weighted by atomic mass is 32.2. The van der Waals surface area contributed by atoms with E-state index in [1.54, 1.807) is 23.1 Å². The van der Waals surface area contributed by atoms with Crippen LogP contribution in [0.25, 0.3) is 0 Å². The molecule has 1 aromatic carbocycles. The second kappa shape index (κ2) is 7.97. The summed E-state index contributed by atoms with van der Waals surface area (Å²) in [6, 6.07) is 11.9. The molecule has 0 spiro atoms. The zero-order chi connectivity index (χ0) is 14.2. The third-order valence-corrected chi connectivity index (χ3v) is 4.65. The van der Waals surface area contributed by atoms with E-state index in [4.69, 9.17) is 4.74 Å². The Morgan fingerprint density at radius 2 is 2.25 bits per heavy atom. The molecule has 0 unspecified atom stereocenters. The number of rotatable bonds is 7. The van der Waals surface area contributed by atoms with Gasteiger partial charge in [0.1, 0.15) is 12.4 Å². The number of carbonyl (C=O) groups excluding carboxylic acids is 1. The lowest BCUT2D eigenvalue weighted by Gasteiger charge is -2.08. The number of hydrogen-bond donors (Lipinski definition) is 1. The number of thioether (sulfide) groups is 1. The standard InChI is InChI=1S/C15H17NO2S2/c1-12-4-2-5-13(10-12)18-8-7-16-14(17)11-20-15-6-3-9-19-15/h2-6,9-10H,7-8,11H2,1H3,(H,16,17). The van der Waals surface area contributed by atoms with E-state index in [1.807, 2.05) is 48.7 Å². The lowest BCUT2D eigenvalue weighted by molar-refractivity contribution is -0.118. The number of hydrogen-bond acceptors (Lipinski definition) is 4. The summed E-state index contributed by atoms with van der Waals surface area (Å²) >= 11 is 3.21. The van der Waals surface area contributed by atoms with Crippen LogP contribution in [0.1, 0.15) is 5.56 Å². The molecule has 0 aliphatic heterocycles. The molecule has 106 valence electrons. The van der Waals surface area contributed by atoms with Crippen LogP contribution in [-0.2, 0) is 4.79 Å². The summed E-state index contributed by atoms with van der Waals surface area (Å²) in [5, 5.41) is 4.86. The van der Waals surface area contributed by atoms with Gasteiger partial charge in [0.05, 0.1) is 16.5 Å². The van der Waals surface area contributed by atoms with Crippen LogP contribution in [0.5, 0.6) is 5.75 Å². The number of aryl methyl sites for hydroxylation is 1. The van der Waals surface area contributed by atoms with Gasteiger partial charge in [0, 0.05) is 0 Å². The Morgan fingerprint density at radius 1 is 1.35 bits per heavy atom. The SMILES string of the molecule is Cc1cccc(OCCNC(=O)CSc2cccs2)c1. The molecular weight excluding hydrogens is 290 g/mol. The van der Waals surface area contributed by atoms with Gasteiger partial charge < -0.3 is 10.1 Å². The molecule has 0 atom stereocenters. The minimum absolute atomic E-state index is 0.0382. The molecule has 1 aromatic heterocycles. The number of nitrogens with one attached hydrogen (secondary N) is 1. The van der Waals surface area contributed by atoms with Crippen LogP contribution in [0.2, 0.25) is 0 Å². The fourth-order valence-corrected chi connectivity index (χ4v) is 3.21. The maximum absolute atomic E-state index is 11.6. The minimum atomic E-state index is 0.0382. The van der Waals surface area contributed by atoms with Crippen molar-refractivity contribution in [1.29, 1.82) is 0 Å². The van der Waals surface area contributed by atoms with Gasteiger partial charge in [-0.15, -0.1) is 23.1 Å². The minimum Gasteiger partial charge on any atom is -0.492 e. The van der Waals surface area contributed by atoms with Gasteiger partial charge in [0.25, 0.3) is 0 Å². The molecule has 2 aromatic rings. The summed E-state index contributed by atoms with van der Waals surface area (Å²) in [6.45, 7) is 3.03. The van der Waals surface area contributed by atoms with E-state index in [0.717, 1.165) is 9.96 Å². The zero-order valence-corrected chi connectivity index (χ0v) is 12.9. The molecule has 20 heavy (non-hydrogen) atoms. The summed E-state index contributed by atoms with van der Waals surface area (Å²) in [7, 11) is 0. The first-order chi connectivity index (χ1) is 9.74. The maximum atomic E-state index is 11.6. The van der Waals surface area contributed by atoms with E-state index < -0.39 is 0 Å². The summed E-state index contributed by atoms with van der Waals surface area (Å²) in [5.41, 5.74) is 1.17. The Balaban J connectivity index is 1.59. The van der Waals surface area contributed by atoms with Crippen molar-refractivity contribution in [1.82, 2.24) is 5.32 Å². The van der Waals surface area contributed by atoms with Gasteiger partial charge >= 0.3 is 0 Å². The van der Waals surface area contributed by atoms with Crippen molar-refractivity contribution in [2.75, 3.05) is 18.9 Å². The summed E-state index contributed by atoms with van der Waals surface area (Å²) in [4.78, 5) is 11.6. The zero-order valence-electron chi connectivity index (χ0n) is 11.3. The van der Waals surface area contributed by atoms with Crippen molar-refractivity contribution in [2.24, 2.45) is 0 Å². The third-order valence-electron chi connectivity index (χ3n) is 2.52. The Kier molecular flexibility index (Phi) is 5.95. The second-order valence-corrected chi connectivity index (χ2v) is 6.46. The van der Waals surface area contributed by atoms with E-state index >= 15 is 0 Å². The van der Waals surface area contributed by atoms with E-state index in [2.05, 4.69) is 5.32 Å². The highest BCUT2D eigenvalue weighted by Gasteiger charge is 2.03. The van der Waals surface area contributed by atoms with Gasteiger partial charge in [-0.1, -0.05) is 18.2 Å². The normalized spacial score (nSPS) is 10.2. The van der Waals surface area contributed by atoms with Crippen molar-refractivity contribution in [3.05, 3.63) is 47.3 Å². The first kappa shape index (κ1) is 14.9. The molecular formula is C15H17NO2S2. The highest BCUT2D eigenvalue weighted by molar-refractivity contribution is 8.01. The van der Waals surface area contributed by atoms with Crippen LogP contribution >= 0.6 is 23.1 Å². The molecule has 3 nitrogen and oxygen atoms in total. The lowest BCUT2D eigenvalue weighted by Crippen LogP contribution is -2.29. The molecule has 0 bridgehead atoms. The van der Waals surface area contributed by atoms with Gasteiger partial charge in [-0.05, 0) is 36.1 Å². The van der Waals surface area contributed by atoms with Crippen LogP contribution in [0.15, 0.2) is 46.0 Å². The first-order valence-electron chi connectivity index (χ1n) is 6.36. The Bertz CT molecular complexity index is 541. The van der Waals surface area contributed by atoms with E-state index in [0.29, 0.717) is 18.9 Å². The van der Waals surface area contributed by atoms with Gasteiger partial charge in [-0.25, -0.2) is 0 Å². The largest absolute Gasteiger partial charge is 0.492 e. The van der Waals surface area contributed by atoms with Crippen LogP contribution in [0.4, 0.5) is 0 Å². The molecule has 0 fully saturated rings. The Hall–Kier alpha value is -1.46. The topological polar surface area (TPSA) is 38.3 Å². The summed E-state index contributed by atoms with van der Waals surface area (Å²) in [6.07, 6.45) is 0. The average molecular weight is 307 g/mol. The van der Waals surface area contributed by atoms with Gasteiger partial charge in [-0.3, -0.25) is 4.79 Å². The number of amides is 1. The quantitative estimate of drug-likeness (QED) is 0.630. The number of thiophene rings is 1. The van der Waals surface area contributed by atoms with Gasteiger partial charge in [0.2, 0.25) is 5.91 Å². The van der Waals surface area contributed by atoms with E-state index in [1.165, 1.54) is 5.56 Å². The van der Waals surface area contributed by atoms with Crippen molar-refractivity contribution < 1.29 is 9.53 Å². The summed E-state index contributed by atoms with van der Waals surface area (Å²) < 4.78 is 6.73. The fourth-order valence-electron chi connectivity index (χ4n) is 1.60. The molecule has 1 amide bonds. The fraction of sp³-hybridized carbons (Fsp3) is 0.267. The molecule has 0 saturated heterocycles. The van der Waals surface area contributed by atoms with E-state index in [-0.39, 0.29) is 5.91 Å². The predicted octanol–water partition coefficient (Wildman–Crippen LogP) is 3.34. The molecule has 1 N–H and O–H groups in total. The van der Waals surface area contributed by atoms with Gasteiger partial charge in [0.15, 0.2) is 0 Å². The Morgan fingerprint density at radius 3 is 3.00 bits per heavy atom. The molecule has 1 heterocycles. The summed E-state index contributed by atoms with van der Waals surface area (Å²) in [5.74, 6) is 1.33. The van der Waals surface area contributed by atoms with Crippen molar-refractivity contribution in [2.45, 2.75) is 11.1 Å². The van der Waals surface area contributed by atoms with Crippen molar-refractivity contribution in [3.63, 3.8) is 0 Å². The van der Waals surface area contributed by atoms with Crippen LogP contribution in [-0.4, -0.2) is 24.8 Å². The number of benzene rings is 1. The lowest BCUT2D eigenvalue weighted by atomic mass is 10.2. The van der Waals surface area contributed by atoms with Crippen LogP contribution < -0.4 is 10.1 Å². The third kappa shape index (κ3) is 5.27. The molecule has 0 aliphatic rings. The van der Waals surface area contributed by atoms with Gasteiger partial charge in [-0.2, -0.15) is 0 Å². The number of ether oxygens (including phenoxy) is 1. The highest BCUT2D eigenvalue weighted by Crippen LogP contribution is 2.22. The molecule has 2 rings (SSSR count). The van der Waals surface area contributed by atoms with Crippen molar-refractivity contribution >= 4 is 29.0 Å². The number of carbonyl (C=O) groups is 1. The maximum Gasteiger partial charge on any atom is 0.230 e. The molecule has 0 aliphatic carbocycles. The van der Waals surface area contributed by atoms with Crippen molar-refractivity contribution in [3.8, 4) is 5.75 Å². The molecule has 0 radical (unpaired) electrons. The molecule has 0 saturated carbocycles. The van der Waals surface area contributed by atoms with Crippen LogP contribution in [0, 0.1) is 6.92 Å². The molecule has 5 heteroatoms. The van der Waals surface area contributed by atoms with E-state index in [9.17, 15) is 4.79 Å². The Labute approximate surface area is 127 Å². The van der Waals surface area contributed by atoms with Crippen LogP contribution in [0.3, 0.4) is 0 Å².